The quantitative estimate of drug-likeness (QED) is 0.896. The SMILES string of the molecule is O=C(O)C1CN(C(=O)Nc2cccc(OC(F)(F)F)c2)C1. The van der Waals surface area contributed by atoms with Crippen molar-refractivity contribution in [1.82, 2.24) is 4.90 Å². The first-order valence-electron chi connectivity index (χ1n) is 5.89. The standard InChI is InChI=1S/C12H11F3N2O4/c13-12(14,15)21-9-3-1-2-8(4-9)16-11(20)17-5-7(6-17)10(18)19/h1-4,7H,5-6H2,(H,16,20)(H,18,19). The van der Waals surface area contributed by atoms with Crippen LogP contribution in [0.2, 0.25) is 0 Å². The minimum atomic E-state index is -4.81. The number of carbonyl (C=O) groups excluding carboxylic acids is 1. The Hall–Kier alpha value is -2.45. The molecule has 0 saturated carbocycles. The highest BCUT2D eigenvalue weighted by atomic mass is 19.4. The molecular weight excluding hydrogens is 293 g/mol. The van der Waals surface area contributed by atoms with Gasteiger partial charge in [-0.1, -0.05) is 6.07 Å². The van der Waals surface area contributed by atoms with E-state index in [1.165, 1.54) is 17.0 Å². The lowest BCUT2D eigenvalue weighted by Gasteiger charge is -2.36. The summed E-state index contributed by atoms with van der Waals surface area (Å²) in [6, 6.07) is 4.26. The van der Waals surface area contributed by atoms with Gasteiger partial charge in [-0.3, -0.25) is 4.79 Å². The summed E-state index contributed by atoms with van der Waals surface area (Å²) in [6.07, 6.45) is -4.81. The fraction of sp³-hybridized carbons (Fsp3) is 0.333. The molecule has 6 nitrogen and oxygen atoms in total. The van der Waals surface area contributed by atoms with Gasteiger partial charge >= 0.3 is 18.4 Å². The Morgan fingerprint density at radius 2 is 2.00 bits per heavy atom. The zero-order chi connectivity index (χ0) is 15.6. The molecule has 2 N–H and O–H groups in total. The Balaban J connectivity index is 1.93. The number of urea groups is 1. The third-order valence-corrected chi connectivity index (χ3v) is 2.84. The highest BCUT2D eigenvalue weighted by molar-refractivity contribution is 5.91. The van der Waals surface area contributed by atoms with E-state index in [-0.39, 0.29) is 18.8 Å². The second kappa shape index (κ2) is 5.51. The number of nitrogens with zero attached hydrogens (tertiary/aromatic N) is 1. The molecule has 114 valence electrons. The summed E-state index contributed by atoms with van der Waals surface area (Å²) in [5.74, 6) is -2.04. The molecule has 0 aliphatic carbocycles. The maximum atomic E-state index is 12.1. The van der Waals surface area contributed by atoms with Gasteiger partial charge in [0.15, 0.2) is 0 Å². The van der Waals surface area contributed by atoms with Crippen LogP contribution in [-0.4, -0.2) is 41.5 Å². The lowest BCUT2D eigenvalue weighted by molar-refractivity contribution is -0.274. The van der Waals surface area contributed by atoms with Crippen molar-refractivity contribution >= 4 is 17.7 Å². The van der Waals surface area contributed by atoms with Gasteiger partial charge in [-0.2, -0.15) is 0 Å². The van der Waals surface area contributed by atoms with Crippen molar-refractivity contribution in [2.45, 2.75) is 6.36 Å². The second-order valence-corrected chi connectivity index (χ2v) is 4.45. The molecule has 0 aromatic heterocycles. The predicted octanol–water partition coefficient (Wildman–Crippen LogP) is 2.13. The molecular formula is C12H11F3N2O4. The average Bonchev–Trinajstić information content (AvgIpc) is 2.23. The number of aliphatic carboxylic acids is 1. The Morgan fingerprint density at radius 1 is 1.33 bits per heavy atom. The number of alkyl halides is 3. The van der Waals surface area contributed by atoms with Crippen molar-refractivity contribution in [3.8, 4) is 5.75 Å². The molecule has 0 spiro atoms. The molecule has 1 aliphatic rings. The highest BCUT2D eigenvalue weighted by Crippen LogP contribution is 2.25. The molecule has 1 heterocycles. The van der Waals surface area contributed by atoms with E-state index < -0.39 is 30.0 Å². The molecule has 0 unspecified atom stereocenters. The van der Waals surface area contributed by atoms with E-state index in [1.54, 1.807) is 0 Å². The van der Waals surface area contributed by atoms with E-state index >= 15 is 0 Å². The minimum absolute atomic E-state index is 0.0694. The zero-order valence-corrected chi connectivity index (χ0v) is 10.6. The van der Waals surface area contributed by atoms with E-state index in [0.717, 1.165) is 12.1 Å². The molecule has 0 radical (unpaired) electrons. The van der Waals surface area contributed by atoms with Crippen LogP contribution in [0.4, 0.5) is 23.7 Å². The number of hydrogen-bond acceptors (Lipinski definition) is 3. The highest BCUT2D eigenvalue weighted by Gasteiger charge is 2.35. The van der Waals surface area contributed by atoms with Crippen molar-refractivity contribution in [1.29, 1.82) is 0 Å². The van der Waals surface area contributed by atoms with Crippen molar-refractivity contribution in [3.05, 3.63) is 24.3 Å². The molecule has 0 atom stereocenters. The number of carbonyl (C=O) groups is 2. The van der Waals surface area contributed by atoms with Crippen LogP contribution in [0.15, 0.2) is 24.3 Å². The third-order valence-electron chi connectivity index (χ3n) is 2.84. The van der Waals surface area contributed by atoms with E-state index in [4.69, 9.17) is 5.11 Å². The van der Waals surface area contributed by atoms with Crippen LogP contribution in [0.5, 0.6) is 5.75 Å². The smallest absolute Gasteiger partial charge is 0.481 e. The fourth-order valence-electron chi connectivity index (χ4n) is 1.77. The van der Waals surface area contributed by atoms with Gasteiger partial charge in [-0.25, -0.2) is 4.79 Å². The maximum Gasteiger partial charge on any atom is 0.573 e. The van der Waals surface area contributed by atoms with Crippen molar-refractivity contribution in [2.24, 2.45) is 5.92 Å². The van der Waals surface area contributed by atoms with Crippen molar-refractivity contribution in [3.63, 3.8) is 0 Å². The van der Waals surface area contributed by atoms with Crippen molar-refractivity contribution < 1.29 is 32.6 Å². The van der Waals surface area contributed by atoms with Crippen LogP contribution in [0.25, 0.3) is 0 Å². The number of likely N-dealkylation sites (tertiary alicyclic amines) is 1. The van der Waals surface area contributed by atoms with E-state index in [2.05, 4.69) is 10.1 Å². The molecule has 0 bridgehead atoms. The van der Waals surface area contributed by atoms with Gasteiger partial charge < -0.3 is 20.1 Å². The van der Waals surface area contributed by atoms with Gasteiger partial charge in [0.25, 0.3) is 0 Å². The molecule has 2 amide bonds. The van der Waals surface area contributed by atoms with E-state index in [1.807, 2.05) is 0 Å². The first-order valence-corrected chi connectivity index (χ1v) is 5.89. The number of carboxylic acids is 1. The number of hydrogen-bond donors (Lipinski definition) is 2. The molecule has 1 fully saturated rings. The topological polar surface area (TPSA) is 78.9 Å². The van der Waals surface area contributed by atoms with Gasteiger partial charge in [-0.05, 0) is 12.1 Å². The van der Waals surface area contributed by atoms with Gasteiger partial charge in [0.1, 0.15) is 5.75 Å². The van der Waals surface area contributed by atoms with Gasteiger partial charge in [0, 0.05) is 24.8 Å². The molecule has 1 aromatic rings. The Kier molecular flexibility index (Phi) is 3.92. The summed E-state index contributed by atoms with van der Waals surface area (Å²) in [5.41, 5.74) is 0.125. The summed E-state index contributed by atoms with van der Waals surface area (Å²) in [4.78, 5) is 23.6. The number of benzene rings is 1. The molecule has 1 saturated heterocycles. The monoisotopic (exact) mass is 304 g/mol. The summed E-state index contributed by atoms with van der Waals surface area (Å²) in [7, 11) is 0. The summed E-state index contributed by atoms with van der Waals surface area (Å²) in [6.45, 7) is 0.139. The minimum Gasteiger partial charge on any atom is -0.481 e. The Labute approximate surface area is 117 Å². The molecule has 1 aliphatic heterocycles. The first kappa shape index (κ1) is 14.9. The molecule has 2 rings (SSSR count). The van der Waals surface area contributed by atoms with E-state index in [0.29, 0.717) is 0 Å². The van der Waals surface area contributed by atoms with Crippen LogP contribution in [0.3, 0.4) is 0 Å². The number of rotatable bonds is 3. The van der Waals surface area contributed by atoms with Crippen LogP contribution in [0.1, 0.15) is 0 Å². The molecule has 1 aromatic carbocycles. The molecule has 21 heavy (non-hydrogen) atoms. The lowest BCUT2D eigenvalue weighted by atomic mass is 10.0. The number of nitrogens with one attached hydrogen (secondary N) is 1. The normalized spacial score (nSPS) is 15.3. The fourth-order valence-corrected chi connectivity index (χ4v) is 1.77. The van der Waals surface area contributed by atoms with Gasteiger partial charge in [0.05, 0.1) is 5.92 Å². The molecule has 9 heteroatoms. The van der Waals surface area contributed by atoms with Crippen molar-refractivity contribution in [2.75, 3.05) is 18.4 Å². The van der Waals surface area contributed by atoms with Crippen LogP contribution in [-0.2, 0) is 4.79 Å². The first-order chi connectivity index (χ1) is 9.74. The Morgan fingerprint density at radius 3 is 2.57 bits per heavy atom. The predicted molar refractivity (Wildman–Crippen MR) is 64.8 cm³/mol. The van der Waals surface area contributed by atoms with E-state index in [9.17, 15) is 22.8 Å². The maximum absolute atomic E-state index is 12.1. The van der Waals surface area contributed by atoms with Gasteiger partial charge in [-0.15, -0.1) is 13.2 Å². The number of halogens is 3. The largest absolute Gasteiger partial charge is 0.573 e. The number of anilines is 1. The third kappa shape index (κ3) is 4.01. The number of amides is 2. The zero-order valence-electron chi connectivity index (χ0n) is 10.6. The number of ether oxygens (including phenoxy) is 1. The van der Waals surface area contributed by atoms with Crippen LogP contribution >= 0.6 is 0 Å². The summed E-state index contributed by atoms with van der Waals surface area (Å²) < 4.78 is 39.9. The van der Waals surface area contributed by atoms with Crippen LogP contribution in [0, 0.1) is 5.92 Å². The summed E-state index contributed by atoms with van der Waals surface area (Å²) in [5, 5.41) is 11.1. The van der Waals surface area contributed by atoms with Gasteiger partial charge in [0.2, 0.25) is 0 Å². The second-order valence-electron chi connectivity index (χ2n) is 4.45. The Bertz CT molecular complexity index is 556. The summed E-state index contributed by atoms with van der Waals surface area (Å²) >= 11 is 0. The number of carboxylic acid groups (broad SMARTS) is 1. The average molecular weight is 304 g/mol. The lowest BCUT2D eigenvalue weighted by Crippen LogP contribution is -2.54. The van der Waals surface area contributed by atoms with Crippen LogP contribution < -0.4 is 10.1 Å².